The summed E-state index contributed by atoms with van der Waals surface area (Å²) in [5.41, 5.74) is 2.04. The van der Waals surface area contributed by atoms with Crippen LogP contribution in [0.25, 0.3) is 11.0 Å². The molecule has 0 fully saturated rings. The number of carbonyl (C=O) groups is 1. The second kappa shape index (κ2) is 6.64. The normalized spacial score (nSPS) is 12.2. The highest BCUT2D eigenvalue weighted by atomic mass is 35.5. The van der Waals surface area contributed by atoms with Crippen LogP contribution in [0.5, 0.6) is 5.75 Å². The van der Waals surface area contributed by atoms with E-state index in [0.717, 1.165) is 11.0 Å². The molecule has 7 heteroatoms. The monoisotopic (exact) mass is 359 g/mol. The van der Waals surface area contributed by atoms with Crippen molar-refractivity contribution in [1.29, 1.82) is 0 Å². The van der Waals surface area contributed by atoms with E-state index in [0.29, 0.717) is 16.5 Å². The Balaban J connectivity index is 1.76. The fourth-order valence-corrected chi connectivity index (χ4v) is 2.73. The van der Waals surface area contributed by atoms with Gasteiger partial charge in [-0.05, 0) is 49.4 Å². The van der Waals surface area contributed by atoms with Crippen molar-refractivity contribution in [2.24, 2.45) is 14.1 Å². The number of anilines is 1. The SMILES string of the molecule is C[C@@H](Oc1ccc(Cl)cc1)C(=O)Nc1ccc2c(c1)n(C)c(=O)n2C. The van der Waals surface area contributed by atoms with Gasteiger partial charge in [0.2, 0.25) is 0 Å². The number of benzene rings is 2. The molecule has 0 saturated carbocycles. The molecule has 130 valence electrons. The molecule has 3 aromatic rings. The summed E-state index contributed by atoms with van der Waals surface area (Å²) in [6.45, 7) is 1.67. The topological polar surface area (TPSA) is 65.3 Å². The van der Waals surface area contributed by atoms with Gasteiger partial charge < -0.3 is 10.1 Å². The first-order chi connectivity index (χ1) is 11.9. The third-order valence-electron chi connectivity index (χ3n) is 4.04. The van der Waals surface area contributed by atoms with Gasteiger partial charge >= 0.3 is 5.69 Å². The van der Waals surface area contributed by atoms with E-state index >= 15 is 0 Å². The molecule has 0 radical (unpaired) electrons. The van der Waals surface area contributed by atoms with Gasteiger partial charge in [0.25, 0.3) is 5.91 Å². The Morgan fingerprint density at radius 3 is 2.40 bits per heavy atom. The van der Waals surface area contributed by atoms with Crippen LogP contribution in [0, 0.1) is 0 Å². The Labute approximate surface area is 149 Å². The van der Waals surface area contributed by atoms with Crippen molar-refractivity contribution in [3.63, 3.8) is 0 Å². The summed E-state index contributed by atoms with van der Waals surface area (Å²) in [4.78, 5) is 24.3. The molecule has 0 saturated heterocycles. The molecule has 0 bridgehead atoms. The molecule has 1 heterocycles. The standard InChI is InChI=1S/C18H18ClN3O3/c1-11(25-14-7-4-12(19)5-8-14)17(23)20-13-6-9-15-16(10-13)22(3)18(24)21(15)2/h4-11H,1-3H3,(H,20,23)/t11-/m1/s1. The molecule has 3 rings (SSSR count). The number of fused-ring (bicyclic) bond motifs is 1. The number of hydrogen-bond acceptors (Lipinski definition) is 3. The van der Waals surface area contributed by atoms with Crippen molar-refractivity contribution in [3.05, 3.63) is 58.0 Å². The maximum Gasteiger partial charge on any atom is 0.328 e. The fourth-order valence-electron chi connectivity index (χ4n) is 2.60. The zero-order valence-corrected chi connectivity index (χ0v) is 14.9. The lowest BCUT2D eigenvalue weighted by Crippen LogP contribution is -2.30. The number of rotatable bonds is 4. The van der Waals surface area contributed by atoms with E-state index in [1.165, 1.54) is 0 Å². The lowest BCUT2D eigenvalue weighted by molar-refractivity contribution is -0.122. The second-order valence-corrected chi connectivity index (χ2v) is 6.24. The molecule has 1 N–H and O–H groups in total. The summed E-state index contributed by atoms with van der Waals surface area (Å²) in [6, 6.07) is 12.1. The first-order valence-corrected chi connectivity index (χ1v) is 8.13. The lowest BCUT2D eigenvalue weighted by atomic mass is 10.2. The number of halogens is 1. The molecule has 0 unspecified atom stereocenters. The summed E-state index contributed by atoms with van der Waals surface area (Å²) >= 11 is 5.83. The third kappa shape index (κ3) is 3.39. The van der Waals surface area contributed by atoms with Crippen LogP contribution >= 0.6 is 11.6 Å². The summed E-state index contributed by atoms with van der Waals surface area (Å²) in [5, 5.41) is 3.41. The molecule has 6 nitrogen and oxygen atoms in total. The zero-order valence-electron chi connectivity index (χ0n) is 14.1. The van der Waals surface area contributed by atoms with E-state index in [9.17, 15) is 9.59 Å². The summed E-state index contributed by atoms with van der Waals surface area (Å²) in [7, 11) is 3.41. The summed E-state index contributed by atoms with van der Waals surface area (Å²) in [6.07, 6.45) is -0.684. The average Bonchev–Trinajstić information content (AvgIpc) is 2.81. The smallest absolute Gasteiger partial charge is 0.328 e. The van der Waals surface area contributed by atoms with Gasteiger partial charge in [0.15, 0.2) is 6.10 Å². The Morgan fingerprint density at radius 1 is 1.08 bits per heavy atom. The highest BCUT2D eigenvalue weighted by molar-refractivity contribution is 6.30. The van der Waals surface area contributed by atoms with Crippen LogP contribution in [0.2, 0.25) is 5.02 Å². The Morgan fingerprint density at radius 2 is 1.72 bits per heavy atom. The number of amides is 1. The van der Waals surface area contributed by atoms with Crippen molar-refractivity contribution in [3.8, 4) is 5.75 Å². The average molecular weight is 360 g/mol. The van der Waals surface area contributed by atoms with Crippen molar-refractivity contribution in [2.45, 2.75) is 13.0 Å². The predicted octanol–water partition coefficient (Wildman–Crippen LogP) is 2.94. The number of nitrogens with one attached hydrogen (secondary N) is 1. The molecular weight excluding hydrogens is 342 g/mol. The van der Waals surface area contributed by atoms with Crippen LogP contribution in [-0.4, -0.2) is 21.1 Å². The van der Waals surface area contributed by atoms with Gasteiger partial charge in [0, 0.05) is 24.8 Å². The summed E-state index contributed by atoms with van der Waals surface area (Å²) < 4.78 is 8.71. The van der Waals surface area contributed by atoms with Crippen molar-refractivity contribution in [2.75, 3.05) is 5.32 Å². The minimum atomic E-state index is -0.684. The number of carbonyl (C=O) groups excluding carboxylic acids is 1. The number of hydrogen-bond donors (Lipinski definition) is 1. The number of ether oxygens (including phenoxy) is 1. The van der Waals surface area contributed by atoms with Crippen LogP contribution in [0.3, 0.4) is 0 Å². The first-order valence-electron chi connectivity index (χ1n) is 7.75. The van der Waals surface area contributed by atoms with E-state index in [-0.39, 0.29) is 11.6 Å². The van der Waals surface area contributed by atoms with E-state index in [1.807, 2.05) is 0 Å². The van der Waals surface area contributed by atoms with Gasteiger partial charge in [-0.2, -0.15) is 0 Å². The Hall–Kier alpha value is -2.73. The van der Waals surface area contributed by atoms with Gasteiger partial charge in [-0.15, -0.1) is 0 Å². The molecule has 0 aliphatic rings. The van der Waals surface area contributed by atoms with Crippen LogP contribution in [0.1, 0.15) is 6.92 Å². The van der Waals surface area contributed by atoms with Crippen LogP contribution in [-0.2, 0) is 18.9 Å². The van der Waals surface area contributed by atoms with Gasteiger partial charge in [-0.1, -0.05) is 11.6 Å². The summed E-state index contributed by atoms with van der Waals surface area (Å²) in [5.74, 6) is 0.281. The quantitative estimate of drug-likeness (QED) is 0.779. The lowest BCUT2D eigenvalue weighted by Gasteiger charge is -2.15. The molecular formula is C18H18ClN3O3. The highest BCUT2D eigenvalue weighted by Gasteiger charge is 2.16. The zero-order chi connectivity index (χ0) is 18.1. The van der Waals surface area contributed by atoms with E-state index in [2.05, 4.69) is 5.32 Å². The number of nitrogens with zero attached hydrogens (tertiary/aromatic N) is 2. The number of aryl methyl sites for hydroxylation is 2. The maximum absolute atomic E-state index is 12.3. The second-order valence-electron chi connectivity index (χ2n) is 5.81. The van der Waals surface area contributed by atoms with E-state index in [1.54, 1.807) is 72.6 Å². The molecule has 1 atom stereocenters. The van der Waals surface area contributed by atoms with Gasteiger partial charge in [0.05, 0.1) is 11.0 Å². The van der Waals surface area contributed by atoms with Gasteiger partial charge in [0.1, 0.15) is 5.75 Å². The number of imidazole rings is 1. The van der Waals surface area contributed by atoms with Gasteiger partial charge in [-0.3, -0.25) is 13.9 Å². The molecule has 0 aliphatic carbocycles. The highest BCUT2D eigenvalue weighted by Crippen LogP contribution is 2.19. The largest absolute Gasteiger partial charge is 0.481 e. The van der Waals surface area contributed by atoms with E-state index in [4.69, 9.17) is 16.3 Å². The molecule has 0 spiro atoms. The van der Waals surface area contributed by atoms with Crippen molar-refractivity contribution < 1.29 is 9.53 Å². The molecule has 2 aromatic carbocycles. The third-order valence-corrected chi connectivity index (χ3v) is 4.29. The Kier molecular flexibility index (Phi) is 4.55. The van der Waals surface area contributed by atoms with Crippen molar-refractivity contribution in [1.82, 2.24) is 9.13 Å². The van der Waals surface area contributed by atoms with Gasteiger partial charge in [-0.25, -0.2) is 4.79 Å². The fraction of sp³-hybridized carbons (Fsp3) is 0.222. The Bertz CT molecular complexity index is 989. The minimum absolute atomic E-state index is 0.113. The minimum Gasteiger partial charge on any atom is -0.481 e. The van der Waals surface area contributed by atoms with Crippen LogP contribution in [0.4, 0.5) is 5.69 Å². The van der Waals surface area contributed by atoms with Crippen molar-refractivity contribution >= 4 is 34.2 Å². The number of aromatic nitrogens is 2. The van der Waals surface area contributed by atoms with E-state index < -0.39 is 6.10 Å². The van der Waals surface area contributed by atoms with Crippen LogP contribution < -0.4 is 15.7 Å². The molecule has 1 amide bonds. The predicted molar refractivity (Wildman–Crippen MR) is 98.3 cm³/mol. The molecule has 25 heavy (non-hydrogen) atoms. The molecule has 1 aromatic heterocycles. The molecule has 0 aliphatic heterocycles. The maximum atomic E-state index is 12.3. The van der Waals surface area contributed by atoms with Crippen LogP contribution in [0.15, 0.2) is 47.3 Å². The first kappa shape index (κ1) is 17.1.